The molecule has 2 rings (SSSR count). The Labute approximate surface area is 117 Å². The van der Waals surface area contributed by atoms with E-state index in [1.807, 2.05) is 31.2 Å². The molecule has 0 atom stereocenters. The Bertz CT molecular complexity index is 581. The molecule has 0 bridgehead atoms. The first kappa shape index (κ1) is 14.1. The van der Waals surface area contributed by atoms with Crippen LogP contribution in [0.1, 0.15) is 11.1 Å². The van der Waals surface area contributed by atoms with E-state index in [0.29, 0.717) is 12.2 Å². The van der Waals surface area contributed by atoms with Crippen LogP contribution in [0, 0.1) is 12.7 Å². The number of para-hydroxylation sites is 1. The zero-order chi connectivity index (χ0) is 14.4. The summed E-state index contributed by atoms with van der Waals surface area (Å²) in [6, 6.07) is 14.2. The van der Waals surface area contributed by atoms with E-state index >= 15 is 0 Å². The maximum absolute atomic E-state index is 13.3. The minimum absolute atomic E-state index is 0.0484. The molecule has 4 heteroatoms. The van der Waals surface area contributed by atoms with Crippen molar-refractivity contribution in [2.75, 3.05) is 11.9 Å². The number of hydrogen-bond donors (Lipinski definition) is 2. The van der Waals surface area contributed by atoms with Crippen LogP contribution in [0.3, 0.4) is 0 Å². The molecule has 0 fully saturated rings. The van der Waals surface area contributed by atoms with E-state index in [1.165, 1.54) is 11.6 Å². The summed E-state index contributed by atoms with van der Waals surface area (Å²) in [5.74, 6) is -0.535. The van der Waals surface area contributed by atoms with Crippen molar-refractivity contribution in [3.05, 3.63) is 65.5 Å². The number of amides is 1. The molecule has 0 unspecified atom stereocenters. The number of carbonyl (C=O) groups is 1. The molecule has 0 radical (unpaired) electrons. The van der Waals surface area contributed by atoms with Crippen molar-refractivity contribution in [2.24, 2.45) is 0 Å². The molecule has 0 aliphatic rings. The molecular formula is C16H17FN2O. The van der Waals surface area contributed by atoms with E-state index in [2.05, 4.69) is 10.6 Å². The Hall–Kier alpha value is -2.36. The van der Waals surface area contributed by atoms with Gasteiger partial charge < -0.3 is 10.6 Å². The van der Waals surface area contributed by atoms with Crippen LogP contribution in [-0.4, -0.2) is 12.5 Å². The maximum Gasteiger partial charge on any atom is 0.239 e. The van der Waals surface area contributed by atoms with Crippen molar-refractivity contribution in [3.63, 3.8) is 0 Å². The van der Waals surface area contributed by atoms with Crippen LogP contribution in [0.4, 0.5) is 10.1 Å². The topological polar surface area (TPSA) is 41.1 Å². The monoisotopic (exact) mass is 272 g/mol. The highest BCUT2D eigenvalue weighted by Crippen LogP contribution is 2.11. The number of rotatable bonds is 5. The van der Waals surface area contributed by atoms with Crippen LogP contribution >= 0.6 is 0 Å². The smallest absolute Gasteiger partial charge is 0.239 e. The lowest BCUT2D eigenvalue weighted by atomic mass is 10.1. The van der Waals surface area contributed by atoms with E-state index < -0.39 is 0 Å². The van der Waals surface area contributed by atoms with Crippen LogP contribution in [0.5, 0.6) is 0 Å². The molecule has 104 valence electrons. The molecule has 0 heterocycles. The molecule has 20 heavy (non-hydrogen) atoms. The van der Waals surface area contributed by atoms with Crippen molar-refractivity contribution >= 4 is 11.6 Å². The Kier molecular flexibility index (Phi) is 4.71. The van der Waals surface area contributed by atoms with Crippen molar-refractivity contribution < 1.29 is 9.18 Å². The molecular weight excluding hydrogens is 255 g/mol. The lowest BCUT2D eigenvalue weighted by Gasteiger charge is -2.08. The molecule has 0 saturated carbocycles. The summed E-state index contributed by atoms with van der Waals surface area (Å²) in [6.07, 6.45) is 0. The van der Waals surface area contributed by atoms with Crippen LogP contribution in [0.2, 0.25) is 0 Å². The van der Waals surface area contributed by atoms with Crippen molar-refractivity contribution in [1.82, 2.24) is 5.32 Å². The van der Waals surface area contributed by atoms with Gasteiger partial charge in [0.1, 0.15) is 5.82 Å². The number of halogens is 1. The average molecular weight is 272 g/mol. The second-order valence-electron chi connectivity index (χ2n) is 4.60. The van der Waals surface area contributed by atoms with E-state index in [9.17, 15) is 9.18 Å². The fraction of sp³-hybridized carbons (Fsp3) is 0.188. The minimum atomic E-state index is -0.362. The molecule has 2 N–H and O–H groups in total. The number of carbonyl (C=O) groups excluding carboxylic acids is 1. The Balaban J connectivity index is 1.78. The van der Waals surface area contributed by atoms with Gasteiger partial charge in [0.2, 0.25) is 5.91 Å². The normalized spacial score (nSPS) is 10.1. The summed E-state index contributed by atoms with van der Waals surface area (Å²) in [6.45, 7) is 2.53. The molecule has 0 saturated heterocycles. The van der Waals surface area contributed by atoms with Crippen molar-refractivity contribution in [3.8, 4) is 0 Å². The average Bonchev–Trinajstić information content (AvgIpc) is 2.46. The Morgan fingerprint density at radius 2 is 1.80 bits per heavy atom. The molecule has 1 amide bonds. The fourth-order valence-electron chi connectivity index (χ4n) is 1.75. The van der Waals surface area contributed by atoms with Crippen molar-refractivity contribution in [1.29, 1.82) is 0 Å². The summed E-state index contributed by atoms with van der Waals surface area (Å²) in [5.41, 5.74) is 2.55. The van der Waals surface area contributed by atoms with Gasteiger partial charge in [0.05, 0.1) is 12.2 Å². The Morgan fingerprint density at radius 1 is 1.10 bits per heavy atom. The van der Waals surface area contributed by atoms with Crippen LogP contribution < -0.4 is 10.6 Å². The van der Waals surface area contributed by atoms with E-state index in [4.69, 9.17) is 0 Å². The SMILES string of the molecule is Cc1ccc(CNC(=O)CNc2ccccc2F)cc1. The van der Waals surface area contributed by atoms with Gasteiger partial charge in [0.25, 0.3) is 0 Å². The van der Waals surface area contributed by atoms with Crippen LogP contribution in [-0.2, 0) is 11.3 Å². The van der Waals surface area contributed by atoms with E-state index in [0.717, 1.165) is 5.56 Å². The highest BCUT2D eigenvalue weighted by atomic mass is 19.1. The standard InChI is InChI=1S/C16H17FN2O/c1-12-6-8-13(9-7-12)10-19-16(20)11-18-15-5-3-2-4-14(15)17/h2-9,18H,10-11H2,1H3,(H,19,20). The third-order valence-electron chi connectivity index (χ3n) is 2.92. The number of anilines is 1. The predicted octanol–water partition coefficient (Wildman–Crippen LogP) is 2.86. The number of benzene rings is 2. The van der Waals surface area contributed by atoms with E-state index in [1.54, 1.807) is 18.2 Å². The molecule has 2 aromatic rings. The number of hydrogen-bond acceptors (Lipinski definition) is 2. The Morgan fingerprint density at radius 3 is 2.50 bits per heavy atom. The summed E-state index contributed by atoms with van der Waals surface area (Å²) in [7, 11) is 0. The maximum atomic E-state index is 13.3. The summed E-state index contributed by atoms with van der Waals surface area (Å²) in [4.78, 5) is 11.7. The quantitative estimate of drug-likeness (QED) is 0.878. The van der Waals surface area contributed by atoms with Gasteiger partial charge in [0, 0.05) is 6.54 Å². The molecule has 0 aliphatic heterocycles. The van der Waals surface area contributed by atoms with E-state index in [-0.39, 0.29) is 18.3 Å². The minimum Gasteiger partial charge on any atom is -0.374 e. The first-order valence-corrected chi connectivity index (χ1v) is 6.46. The highest BCUT2D eigenvalue weighted by Gasteiger charge is 2.04. The zero-order valence-electron chi connectivity index (χ0n) is 11.3. The first-order chi connectivity index (χ1) is 9.65. The molecule has 0 spiro atoms. The second-order valence-corrected chi connectivity index (χ2v) is 4.60. The van der Waals surface area contributed by atoms with Gasteiger partial charge in [-0.05, 0) is 24.6 Å². The van der Waals surface area contributed by atoms with Gasteiger partial charge in [-0.25, -0.2) is 4.39 Å². The second kappa shape index (κ2) is 6.70. The lowest BCUT2D eigenvalue weighted by Crippen LogP contribution is -2.29. The lowest BCUT2D eigenvalue weighted by molar-refractivity contribution is -0.119. The number of aryl methyl sites for hydroxylation is 1. The molecule has 0 aromatic heterocycles. The summed E-state index contributed by atoms with van der Waals surface area (Å²) in [5, 5.41) is 5.56. The van der Waals surface area contributed by atoms with Gasteiger partial charge in [-0.15, -0.1) is 0 Å². The number of nitrogens with one attached hydrogen (secondary N) is 2. The van der Waals surface area contributed by atoms with Gasteiger partial charge in [-0.3, -0.25) is 4.79 Å². The third kappa shape index (κ3) is 4.09. The third-order valence-corrected chi connectivity index (χ3v) is 2.92. The summed E-state index contributed by atoms with van der Waals surface area (Å²) >= 11 is 0. The zero-order valence-corrected chi connectivity index (χ0v) is 11.3. The predicted molar refractivity (Wildman–Crippen MR) is 77.9 cm³/mol. The van der Waals surface area contributed by atoms with Gasteiger partial charge in [-0.1, -0.05) is 42.0 Å². The molecule has 3 nitrogen and oxygen atoms in total. The highest BCUT2D eigenvalue weighted by molar-refractivity contribution is 5.80. The molecule has 2 aromatic carbocycles. The first-order valence-electron chi connectivity index (χ1n) is 6.46. The van der Waals surface area contributed by atoms with Gasteiger partial charge in [0.15, 0.2) is 0 Å². The van der Waals surface area contributed by atoms with Gasteiger partial charge >= 0.3 is 0 Å². The van der Waals surface area contributed by atoms with Crippen LogP contribution in [0.15, 0.2) is 48.5 Å². The van der Waals surface area contributed by atoms with Crippen LogP contribution in [0.25, 0.3) is 0 Å². The molecule has 0 aliphatic carbocycles. The summed E-state index contributed by atoms with van der Waals surface area (Å²) < 4.78 is 13.3. The largest absolute Gasteiger partial charge is 0.374 e. The fourth-order valence-corrected chi connectivity index (χ4v) is 1.75. The van der Waals surface area contributed by atoms with Crippen molar-refractivity contribution in [2.45, 2.75) is 13.5 Å². The van der Waals surface area contributed by atoms with Gasteiger partial charge in [-0.2, -0.15) is 0 Å².